The molecule has 0 unspecified atom stereocenters. The highest BCUT2D eigenvalue weighted by Crippen LogP contribution is 2.18. The molecule has 0 saturated carbocycles. The van der Waals surface area contributed by atoms with Crippen molar-refractivity contribution in [3.05, 3.63) is 44.7 Å². The summed E-state index contributed by atoms with van der Waals surface area (Å²) in [5.41, 5.74) is 8.67. The summed E-state index contributed by atoms with van der Waals surface area (Å²) >= 11 is 1.38. The standard InChI is InChI=1S/C15H17N5OS/c1-9-5-6-11(8-10(9)2)13-14(21)20-15(18-17-13)22-12(19-20)4-3-7-16/h5-6,8H,3-4,7,16H2,1-2H3. The maximum absolute atomic E-state index is 12.6. The molecular weight excluding hydrogens is 298 g/mol. The topological polar surface area (TPSA) is 86.2 Å². The molecular formula is C15H17N5OS. The molecule has 3 rings (SSSR count). The molecule has 1 aromatic carbocycles. The summed E-state index contributed by atoms with van der Waals surface area (Å²) in [4.78, 5) is 13.1. The van der Waals surface area contributed by atoms with E-state index < -0.39 is 0 Å². The van der Waals surface area contributed by atoms with Gasteiger partial charge in [-0.25, -0.2) is 0 Å². The van der Waals surface area contributed by atoms with E-state index in [1.807, 2.05) is 32.0 Å². The molecule has 7 heteroatoms. The lowest BCUT2D eigenvalue weighted by molar-refractivity contribution is 0.779. The second-order valence-electron chi connectivity index (χ2n) is 5.24. The van der Waals surface area contributed by atoms with E-state index in [0.29, 0.717) is 17.2 Å². The Morgan fingerprint density at radius 2 is 2.05 bits per heavy atom. The molecule has 0 amide bonds. The minimum Gasteiger partial charge on any atom is -0.330 e. The Kier molecular flexibility index (Phi) is 4.00. The Hall–Kier alpha value is -2.12. The molecule has 0 spiro atoms. The first-order chi connectivity index (χ1) is 10.6. The van der Waals surface area contributed by atoms with Gasteiger partial charge >= 0.3 is 5.56 Å². The third-order valence-corrected chi connectivity index (χ3v) is 4.57. The summed E-state index contributed by atoms with van der Waals surface area (Å²) in [6.45, 7) is 4.64. The molecule has 114 valence electrons. The lowest BCUT2D eigenvalue weighted by Gasteiger charge is -2.03. The average molecular weight is 315 g/mol. The highest BCUT2D eigenvalue weighted by Gasteiger charge is 2.13. The van der Waals surface area contributed by atoms with Crippen LogP contribution in [0.3, 0.4) is 0 Å². The number of hydrogen-bond donors (Lipinski definition) is 1. The fourth-order valence-corrected chi connectivity index (χ4v) is 3.05. The number of rotatable bonds is 4. The van der Waals surface area contributed by atoms with Crippen LogP contribution in [0.25, 0.3) is 16.2 Å². The van der Waals surface area contributed by atoms with Gasteiger partial charge in [-0.1, -0.05) is 23.5 Å². The van der Waals surface area contributed by atoms with Crippen molar-refractivity contribution in [3.63, 3.8) is 0 Å². The zero-order valence-corrected chi connectivity index (χ0v) is 13.4. The molecule has 0 bridgehead atoms. The van der Waals surface area contributed by atoms with Crippen molar-refractivity contribution in [2.75, 3.05) is 6.54 Å². The van der Waals surface area contributed by atoms with Crippen LogP contribution in [0.2, 0.25) is 0 Å². The van der Waals surface area contributed by atoms with Crippen LogP contribution in [-0.2, 0) is 6.42 Å². The molecule has 0 aliphatic heterocycles. The van der Waals surface area contributed by atoms with Gasteiger partial charge in [0.2, 0.25) is 4.96 Å². The normalized spacial score (nSPS) is 11.2. The number of fused-ring (bicyclic) bond motifs is 1. The van der Waals surface area contributed by atoms with E-state index in [1.165, 1.54) is 21.4 Å². The first-order valence-electron chi connectivity index (χ1n) is 7.13. The van der Waals surface area contributed by atoms with Gasteiger partial charge in [-0.3, -0.25) is 4.79 Å². The Balaban J connectivity index is 2.09. The number of aryl methyl sites for hydroxylation is 3. The van der Waals surface area contributed by atoms with E-state index in [2.05, 4.69) is 15.3 Å². The van der Waals surface area contributed by atoms with Gasteiger partial charge in [-0.05, 0) is 44.0 Å². The number of nitrogens with zero attached hydrogens (tertiary/aromatic N) is 4. The fourth-order valence-electron chi connectivity index (χ4n) is 2.18. The maximum Gasteiger partial charge on any atom is 0.302 e. The molecule has 0 aliphatic rings. The van der Waals surface area contributed by atoms with E-state index in [4.69, 9.17) is 5.73 Å². The van der Waals surface area contributed by atoms with Crippen molar-refractivity contribution < 1.29 is 0 Å². The van der Waals surface area contributed by atoms with Crippen molar-refractivity contribution in [1.82, 2.24) is 19.8 Å². The monoisotopic (exact) mass is 315 g/mol. The first-order valence-corrected chi connectivity index (χ1v) is 7.95. The van der Waals surface area contributed by atoms with Crippen molar-refractivity contribution in [2.24, 2.45) is 5.73 Å². The molecule has 0 atom stereocenters. The number of aromatic nitrogens is 4. The number of benzene rings is 1. The van der Waals surface area contributed by atoms with Gasteiger partial charge in [0.25, 0.3) is 0 Å². The van der Waals surface area contributed by atoms with Gasteiger partial charge in [0.15, 0.2) is 5.69 Å². The molecule has 2 aromatic heterocycles. The van der Waals surface area contributed by atoms with Gasteiger partial charge in [-0.15, -0.1) is 10.2 Å². The van der Waals surface area contributed by atoms with E-state index in [-0.39, 0.29) is 5.56 Å². The Bertz CT molecular complexity index is 883. The van der Waals surface area contributed by atoms with Crippen molar-refractivity contribution in [2.45, 2.75) is 26.7 Å². The maximum atomic E-state index is 12.6. The lowest BCUT2D eigenvalue weighted by Crippen LogP contribution is -2.19. The van der Waals surface area contributed by atoms with Crippen LogP contribution < -0.4 is 11.3 Å². The van der Waals surface area contributed by atoms with Crippen molar-refractivity contribution in [3.8, 4) is 11.3 Å². The van der Waals surface area contributed by atoms with Crippen LogP contribution in [-0.4, -0.2) is 26.4 Å². The molecule has 0 fully saturated rings. The second kappa shape index (κ2) is 5.94. The SMILES string of the molecule is Cc1ccc(-c2nnc3sc(CCCN)nn3c2=O)cc1C. The lowest BCUT2D eigenvalue weighted by atomic mass is 10.0. The predicted molar refractivity (Wildman–Crippen MR) is 87.2 cm³/mol. The quantitative estimate of drug-likeness (QED) is 0.792. The van der Waals surface area contributed by atoms with Gasteiger partial charge in [-0.2, -0.15) is 9.61 Å². The molecule has 6 nitrogen and oxygen atoms in total. The fraction of sp³-hybridized carbons (Fsp3) is 0.333. The third-order valence-electron chi connectivity index (χ3n) is 3.61. The highest BCUT2D eigenvalue weighted by molar-refractivity contribution is 7.16. The van der Waals surface area contributed by atoms with Crippen LogP contribution in [0, 0.1) is 13.8 Å². The summed E-state index contributed by atoms with van der Waals surface area (Å²) in [7, 11) is 0. The Morgan fingerprint density at radius 3 is 2.77 bits per heavy atom. The predicted octanol–water partition coefficient (Wildman–Crippen LogP) is 1.72. The van der Waals surface area contributed by atoms with Gasteiger partial charge in [0, 0.05) is 12.0 Å². The minimum absolute atomic E-state index is 0.233. The van der Waals surface area contributed by atoms with E-state index in [1.54, 1.807) is 0 Å². The first kappa shape index (κ1) is 14.8. The van der Waals surface area contributed by atoms with E-state index in [9.17, 15) is 4.79 Å². The summed E-state index contributed by atoms with van der Waals surface area (Å²) in [6, 6.07) is 5.82. The zero-order chi connectivity index (χ0) is 15.7. The van der Waals surface area contributed by atoms with Gasteiger partial charge in [0.05, 0.1) is 0 Å². The number of nitrogens with two attached hydrogens (primary N) is 1. The van der Waals surface area contributed by atoms with E-state index in [0.717, 1.165) is 29.0 Å². The summed E-state index contributed by atoms with van der Waals surface area (Å²) < 4.78 is 1.34. The van der Waals surface area contributed by atoms with E-state index >= 15 is 0 Å². The summed E-state index contributed by atoms with van der Waals surface area (Å²) in [6.07, 6.45) is 1.59. The molecule has 2 heterocycles. The molecule has 2 N–H and O–H groups in total. The second-order valence-corrected chi connectivity index (χ2v) is 6.28. The molecule has 0 radical (unpaired) electrons. The van der Waals surface area contributed by atoms with Gasteiger partial charge < -0.3 is 5.73 Å². The highest BCUT2D eigenvalue weighted by atomic mass is 32.1. The molecule has 3 aromatic rings. The van der Waals surface area contributed by atoms with Crippen LogP contribution in [0.1, 0.15) is 22.6 Å². The minimum atomic E-state index is -0.233. The Labute approximate surface area is 131 Å². The smallest absolute Gasteiger partial charge is 0.302 e. The van der Waals surface area contributed by atoms with Crippen molar-refractivity contribution in [1.29, 1.82) is 0 Å². The van der Waals surface area contributed by atoms with Gasteiger partial charge in [0.1, 0.15) is 5.01 Å². The zero-order valence-electron chi connectivity index (χ0n) is 12.5. The van der Waals surface area contributed by atoms with Crippen LogP contribution in [0.4, 0.5) is 0 Å². The average Bonchev–Trinajstić information content (AvgIpc) is 2.92. The molecule has 0 saturated heterocycles. The van der Waals surface area contributed by atoms with Crippen LogP contribution in [0.5, 0.6) is 0 Å². The Morgan fingerprint density at radius 1 is 1.23 bits per heavy atom. The molecule has 22 heavy (non-hydrogen) atoms. The largest absolute Gasteiger partial charge is 0.330 e. The summed E-state index contributed by atoms with van der Waals surface area (Å²) in [5.74, 6) is 0. The van der Waals surface area contributed by atoms with Crippen LogP contribution in [0.15, 0.2) is 23.0 Å². The third kappa shape index (κ3) is 2.65. The van der Waals surface area contributed by atoms with Crippen LogP contribution >= 0.6 is 11.3 Å². The van der Waals surface area contributed by atoms with Crippen molar-refractivity contribution >= 4 is 16.3 Å². The molecule has 0 aliphatic carbocycles. The summed E-state index contributed by atoms with van der Waals surface area (Å²) in [5, 5.41) is 13.4. The number of hydrogen-bond acceptors (Lipinski definition) is 6.